The lowest BCUT2D eigenvalue weighted by molar-refractivity contribution is 0.246. The van der Waals surface area contributed by atoms with E-state index >= 15 is 0 Å². The van der Waals surface area contributed by atoms with Crippen molar-refractivity contribution >= 4 is 29.0 Å². The summed E-state index contributed by atoms with van der Waals surface area (Å²) in [5.74, 6) is 0.932. The highest BCUT2D eigenvalue weighted by Gasteiger charge is 2.19. The van der Waals surface area contributed by atoms with Gasteiger partial charge in [0.15, 0.2) is 0 Å². The number of hydrogen-bond acceptors (Lipinski definition) is 4. The Labute approximate surface area is 212 Å². The van der Waals surface area contributed by atoms with Crippen molar-refractivity contribution in [1.29, 1.82) is 0 Å². The number of anilines is 2. The molecule has 1 aliphatic rings. The summed E-state index contributed by atoms with van der Waals surface area (Å²) in [4.78, 5) is 17.1. The summed E-state index contributed by atoms with van der Waals surface area (Å²) in [7, 11) is 1.72. The third kappa shape index (κ3) is 6.90. The number of urea groups is 1. The van der Waals surface area contributed by atoms with Gasteiger partial charge in [-0.2, -0.15) is 0 Å². The second-order valence-corrected chi connectivity index (χ2v) is 9.05. The van der Waals surface area contributed by atoms with E-state index in [0.717, 1.165) is 68.1 Å². The molecule has 184 valence electrons. The molecule has 3 aromatic rings. The molecule has 4 rings (SSSR count). The van der Waals surface area contributed by atoms with Crippen LogP contribution in [0.3, 0.4) is 0 Å². The number of hydrogen-bond donors (Lipinski definition) is 2. The molecule has 0 atom stereocenters. The molecule has 0 radical (unpaired) electrons. The molecule has 6 nitrogen and oxygen atoms in total. The average Bonchev–Trinajstić information content (AvgIpc) is 2.90. The Morgan fingerprint density at radius 3 is 2.37 bits per heavy atom. The highest BCUT2D eigenvalue weighted by atomic mass is 35.5. The number of nitrogens with zero attached hydrogens (tertiary/aromatic N) is 2. The third-order valence-electron chi connectivity index (χ3n) is 6.31. The lowest BCUT2D eigenvalue weighted by Gasteiger charge is -2.36. The first kappa shape index (κ1) is 24.9. The van der Waals surface area contributed by atoms with Crippen LogP contribution in [0.5, 0.6) is 5.75 Å². The van der Waals surface area contributed by atoms with Crippen molar-refractivity contribution in [3.63, 3.8) is 0 Å². The lowest BCUT2D eigenvalue weighted by Crippen LogP contribution is -2.46. The fourth-order valence-corrected chi connectivity index (χ4v) is 4.61. The number of unbranched alkanes of at least 4 members (excludes halogenated alkanes) is 1. The molecule has 3 aromatic carbocycles. The molecule has 1 heterocycles. The average molecular weight is 493 g/mol. The number of carbonyl (C=O) groups excluding carboxylic acids is 1. The summed E-state index contributed by atoms with van der Waals surface area (Å²) in [6.45, 7) is 5.77. The lowest BCUT2D eigenvalue weighted by atomic mass is 10.1. The summed E-state index contributed by atoms with van der Waals surface area (Å²) in [6.07, 6.45) is 2.01. The first-order chi connectivity index (χ1) is 17.1. The number of ether oxygens (including phenoxy) is 1. The van der Waals surface area contributed by atoms with Crippen LogP contribution in [-0.4, -0.2) is 57.3 Å². The van der Waals surface area contributed by atoms with E-state index in [1.165, 1.54) is 5.69 Å². The molecule has 0 unspecified atom stereocenters. The molecule has 0 spiro atoms. The summed E-state index contributed by atoms with van der Waals surface area (Å²) in [6, 6.07) is 23.5. The first-order valence-corrected chi connectivity index (χ1v) is 12.5. The van der Waals surface area contributed by atoms with E-state index in [2.05, 4.69) is 32.6 Å². The van der Waals surface area contributed by atoms with Crippen molar-refractivity contribution in [2.45, 2.75) is 12.8 Å². The van der Waals surface area contributed by atoms with Crippen molar-refractivity contribution in [2.24, 2.45) is 0 Å². The standard InChI is InChI=1S/C28H33ClN4O2/c1-35-27-11-5-4-10-26(27)33-20-18-32(19-21-33)17-7-6-16-30-28(34)31-23-14-12-22(13-15-23)24-8-2-3-9-25(24)29/h2-5,8-15H,6-7,16-21H2,1H3,(H2,30,31,34). The van der Waals surface area contributed by atoms with Crippen LogP contribution in [0, 0.1) is 0 Å². The minimum absolute atomic E-state index is 0.180. The SMILES string of the molecule is COc1ccccc1N1CCN(CCCCNC(=O)Nc2ccc(-c3ccccc3Cl)cc2)CC1. The Morgan fingerprint density at radius 1 is 0.914 bits per heavy atom. The molecule has 1 saturated heterocycles. The maximum absolute atomic E-state index is 12.2. The number of methoxy groups -OCH3 is 1. The van der Waals surface area contributed by atoms with Gasteiger partial charge in [0.25, 0.3) is 0 Å². The van der Waals surface area contributed by atoms with Crippen LogP contribution in [0.2, 0.25) is 5.02 Å². The van der Waals surface area contributed by atoms with Crippen LogP contribution in [0.25, 0.3) is 11.1 Å². The zero-order valence-corrected chi connectivity index (χ0v) is 20.9. The van der Waals surface area contributed by atoms with Crippen molar-refractivity contribution in [2.75, 3.05) is 56.6 Å². The van der Waals surface area contributed by atoms with Gasteiger partial charge in [-0.05, 0) is 55.3 Å². The molecule has 1 aliphatic heterocycles. The first-order valence-electron chi connectivity index (χ1n) is 12.1. The number of halogens is 1. The smallest absolute Gasteiger partial charge is 0.319 e. The van der Waals surface area contributed by atoms with Gasteiger partial charge in [0.2, 0.25) is 0 Å². The van der Waals surface area contributed by atoms with Gasteiger partial charge in [0, 0.05) is 49.0 Å². The van der Waals surface area contributed by atoms with Gasteiger partial charge in [-0.3, -0.25) is 4.90 Å². The van der Waals surface area contributed by atoms with E-state index in [4.69, 9.17) is 16.3 Å². The van der Waals surface area contributed by atoms with E-state index in [0.29, 0.717) is 11.6 Å². The van der Waals surface area contributed by atoms with Gasteiger partial charge in [-0.1, -0.05) is 54.1 Å². The van der Waals surface area contributed by atoms with E-state index in [9.17, 15) is 4.79 Å². The Bertz CT molecular complexity index is 1100. The monoisotopic (exact) mass is 492 g/mol. The van der Waals surface area contributed by atoms with E-state index in [-0.39, 0.29) is 6.03 Å². The predicted molar refractivity (Wildman–Crippen MR) is 145 cm³/mol. The van der Waals surface area contributed by atoms with Crippen molar-refractivity contribution in [3.05, 3.63) is 77.8 Å². The highest BCUT2D eigenvalue weighted by molar-refractivity contribution is 6.33. The fourth-order valence-electron chi connectivity index (χ4n) is 4.37. The Hall–Kier alpha value is -3.22. The number of carbonyl (C=O) groups is 1. The van der Waals surface area contributed by atoms with Crippen molar-refractivity contribution in [1.82, 2.24) is 10.2 Å². The molecule has 2 N–H and O–H groups in total. The number of para-hydroxylation sites is 2. The molecular weight excluding hydrogens is 460 g/mol. The van der Waals surface area contributed by atoms with Crippen LogP contribution in [-0.2, 0) is 0 Å². The van der Waals surface area contributed by atoms with Crippen LogP contribution >= 0.6 is 11.6 Å². The maximum Gasteiger partial charge on any atom is 0.319 e. The predicted octanol–water partition coefficient (Wildman–Crippen LogP) is 5.74. The van der Waals surface area contributed by atoms with Crippen LogP contribution in [0.4, 0.5) is 16.2 Å². The Balaban J connectivity index is 1.12. The number of amides is 2. The second kappa shape index (κ2) is 12.5. The fraction of sp³-hybridized carbons (Fsp3) is 0.321. The van der Waals surface area contributed by atoms with Gasteiger partial charge >= 0.3 is 6.03 Å². The maximum atomic E-state index is 12.2. The van der Waals surface area contributed by atoms with Gasteiger partial charge in [-0.25, -0.2) is 4.79 Å². The van der Waals surface area contributed by atoms with Gasteiger partial charge in [0.1, 0.15) is 5.75 Å². The van der Waals surface area contributed by atoms with E-state index in [1.54, 1.807) is 7.11 Å². The zero-order chi connectivity index (χ0) is 24.5. The molecule has 2 amide bonds. The minimum atomic E-state index is -0.180. The highest BCUT2D eigenvalue weighted by Crippen LogP contribution is 2.29. The topological polar surface area (TPSA) is 56.8 Å². The van der Waals surface area contributed by atoms with Crippen LogP contribution in [0.1, 0.15) is 12.8 Å². The van der Waals surface area contributed by atoms with E-state index in [1.807, 2.05) is 60.7 Å². The van der Waals surface area contributed by atoms with Gasteiger partial charge in [0.05, 0.1) is 12.8 Å². The number of nitrogens with one attached hydrogen (secondary N) is 2. The Kier molecular flexibility index (Phi) is 8.87. The quantitative estimate of drug-likeness (QED) is 0.374. The van der Waals surface area contributed by atoms with Crippen molar-refractivity contribution < 1.29 is 9.53 Å². The second-order valence-electron chi connectivity index (χ2n) is 8.65. The normalized spacial score (nSPS) is 13.9. The zero-order valence-electron chi connectivity index (χ0n) is 20.2. The summed E-state index contributed by atoms with van der Waals surface area (Å²) in [5.41, 5.74) is 3.92. The van der Waals surface area contributed by atoms with Crippen LogP contribution in [0.15, 0.2) is 72.8 Å². The summed E-state index contributed by atoms with van der Waals surface area (Å²) in [5, 5.41) is 6.56. The number of piperazine rings is 1. The minimum Gasteiger partial charge on any atom is -0.495 e. The van der Waals surface area contributed by atoms with Crippen LogP contribution < -0.4 is 20.3 Å². The molecule has 0 aromatic heterocycles. The summed E-state index contributed by atoms with van der Waals surface area (Å²) >= 11 is 6.27. The third-order valence-corrected chi connectivity index (χ3v) is 6.64. The molecule has 0 bridgehead atoms. The molecule has 1 fully saturated rings. The van der Waals surface area contributed by atoms with Crippen molar-refractivity contribution in [3.8, 4) is 16.9 Å². The number of benzene rings is 3. The molecule has 7 heteroatoms. The molecule has 0 aliphatic carbocycles. The molecular formula is C28H33ClN4O2. The largest absolute Gasteiger partial charge is 0.495 e. The van der Waals surface area contributed by atoms with Gasteiger partial charge < -0.3 is 20.3 Å². The number of rotatable bonds is 9. The molecule has 35 heavy (non-hydrogen) atoms. The van der Waals surface area contributed by atoms with Gasteiger partial charge in [-0.15, -0.1) is 0 Å². The summed E-state index contributed by atoms with van der Waals surface area (Å²) < 4.78 is 5.50. The Morgan fingerprint density at radius 2 is 1.63 bits per heavy atom. The molecule has 0 saturated carbocycles. The van der Waals surface area contributed by atoms with E-state index < -0.39 is 0 Å².